The molecule has 102 valence electrons. The summed E-state index contributed by atoms with van der Waals surface area (Å²) < 4.78 is 0. The zero-order valence-corrected chi connectivity index (χ0v) is 11.7. The van der Waals surface area contributed by atoms with Crippen molar-refractivity contribution >= 4 is 28.8 Å². The van der Waals surface area contributed by atoms with Crippen LogP contribution in [-0.4, -0.2) is 18.4 Å². The summed E-state index contributed by atoms with van der Waals surface area (Å²) in [5, 5.41) is 0.692. The molecule has 0 fully saturated rings. The van der Waals surface area contributed by atoms with Gasteiger partial charge in [0, 0.05) is 29.4 Å². The SMILES string of the molecule is N[C@H]1CN(c2ccc(Cl)cc2)c2ccccc2CC1=O. The number of Topliss-reactive ketones (excluding diaryl/α,β-unsaturated/α-hetero) is 1. The van der Waals surface area contributed by atoms with E-state index in [-0.39, 0.29) is 5.78 Å². The fraction of sp³-hybridized carbons (Fsp3) is 0.188. The maximum atomic E-state index is 12.0. The molecule has 3 rings (SSSR count). The third-order valence-electron chi connectivity index (χ3n) is 3.58. The van der Waals surface area contributed by atoms with E-state index in [1.807, 2.05) is 48.5 Å². The number of ketones is 1. The second-order valence-corrected chi connectivity index (χ2v) is 5.40. The summed E-state index contributed by atoms with van der Waals surface area (Å²) in [7, 11) is 0. The Morgan fingerprint density at radius 1 is 1.10 bits per heavy atom. The van der Waals surface area contributed by atoms with Gasteiger partial charge in [-0.15, -0.1) is 0 Å². The standard InChI is InChI=1S/C16H15ClN2O/c17-12-5-7-13(8-6-12)19-10-14(18)16(20)9-11-3-1-2-4-15(11)19/h1-8,14H,9-10,18H2/t14-/m0/s1. The predicted octanol–water partition coefficient (Wildman–Crippen LogP) is 2.93. The molecule has 1 aliphatic heterocycles. The van der Waals surface area contributed by atoms with Crippen LogP contribution in [0.25, 0.3) is 0 Å². The van der Waals surface area contributed by atoms with Crippen LogP contribution in [0.3, 0.4) is 0 Å². The summed E-state index contributed by atoms with van der Waals surface area (Å²) in [6, 6.07) is 15.0. The Balaban J connectivity index is 2.09. The monoisotopic (exact) mass is 286 g/mol. The molecule has 0 spiro atoms. The average Bonchev–Trinajstić information content (AvgIpc) is 2.58. The molecule has 20 heavy (non-hydrogen) atoms. The molecule has 0 aromatic heterocycles. The zero-order chi connectivity index (χ0) is 14.1. The highest BCUT2D eigenvalue weighted by atomic mass is 35.5. The number of hydrogen-bond acceptors (Lipinski definition) is 3. The van der Waals surface area contributed by atoms with E-state index in [0.717, 1.165) is 16.9 Å². The number of nitrogens with zero attached hydrogens (tertiary/aromatic N) is 1. The highest BCUT2D eigenvalue weighted by Gasteiger charge is 2.26. The van der Waals surface area contributed by atoms with E-state index < -0.39 is 6.04 Å². The fourth-order valence-electron chi connectivity index (χ4n) is 2.50. The molecule has 0 saturated carbocycles. The molecule has 2 N–H and O–H groups in total. The molecular weight excluding hydrogens is 272 g/mol. The number of rotatable bonds is 1. The number of hydrogen-bond donors (Lipinski definition) is 1. The molecule has 0 unspecified atom stereocenters. The van der Waals surface area contributed by atoms with Gasteiger partial charge in [0.05, 0.1) is 6.04 Å². The van der Waals surface area contributed by atoms with Gasteiger partial charge in [0.1, 0.15) is 0 Å². The van der Waals surface area contributed by atoms with Crippen molar-refractivity contribution in [1.29, 1.82) is 0 Å². The topological polar surface area (TPSA) is 46.3 Å². The Kier molecular flexibility index (Phi) is 3.47. The van der Waals surface area contributed by atoms with E-state index in [0.29, 0.717) is 18.0 Å². The number of carbonyl (C=O) groups is 1. The van der Waals surface area contributed by atoms with E-state index >= 15 is 0 Å². The normalized spacial score (nSPS) is 18.6. The Bertz CT molecular complexity index is 639. The summed E-state index contributed by atoms with van der Waals surface area (Å²) in [5.74, 6) is 0.0777. The lowest BCUT2D eigenvalue weighted by molar-refractivity contribution is -0.119. The van der Waals surface area contributed by atoms with E-state index in [1.165, 1.54) is 0 Å². The van der Waals surface area contributed by atoms with Crippen molar-refractivity contribution < 1.29 is 4.79 Å². The number of anilines is 2. The summed E-state index contributed by atoms with van der Waals surface area (Å²) >= 11 is 5.94. The third kappa shape index (κ3) is 2.42. The molecule has 2 aromatic rings. The van der Waals surface area contributed by atoms with Crippen LogP contribution in [0.5, 0.6) is 0 Å². The van der Waals surface area contributed by atoms with Gasteiger partial charge in [0.15, 0.2) is 5.78 Å². The van der Waals surface area contributed by atoms with Gasteiger partial charge in [-0.2, -0.15) is 0 Å². The van der Waals surface area contributed by atoms with E-state index in [9.17, 15) is 4.79 Å². The molecule has 1 heterocycles. The molecule has 1 aliphatic rings. The van der Waals surface area contributed by atoms with Gasteiger partial charge in [0.2, 0.25) is 0 Å². The maximum absolute atomic E-state index is 12.0. The summed E-state index contributed by atoms with van der Waals surface area (Å²) in [5.41, 5.74) is 9.04. The van der Waals surface area contributed by atoms with Gasteiger partial charge in [0.25, 0.3) is 0 Å². The van der Waals surface area contributed by atoms with Gasteiger partial charge in [-0.3, -0.25) is 4.79 Å². The first kappa shape index (κ1) is 13.2. The minimum absolute atomic E-state index is 0.0777. The molecule has 1 atom stereocenters. The lowest BCUT2D eigenvalue weighted by Gasteiger charge is -2.26. The molecule has 0 aliphatic carbocycles. The lowest BCUT2D eigenvalue weighted by Crippen LogP contribution is -2.39. The summed E-state index contributed by atoms with van der Waals surface area (Å²) in [6.45, 7) is 0.484. The van der Waals surface area contributed by atoms with Gasteiger partial charge in [-0.05, 0) is 35.9 Å². The van der Waals surface area contributed by atoms with Gasteiger partial charge >= 0.3 is 0 Å². The first-order valence-electron chi connectivity index (χ1n) is 6.54. The van der Waals surface area contributed by atoms with Crippen LogP contribution in [-0.2, 0) is 11.2 Å². The van der Waals surface area contributed by atoms with Crippen LogP contribution in [0, 0.1) is 0 Å². The number of nitrogens with two attached hydrogens (primary N) is 1. The predicted molar refractivity (Wildman–Crippen MR) is 81.6 cm³/mol. The number of para-hydroxylation sites is 1. The quantitative estimate of drug-likeness (QED) is 0.877. The Morgan fingerprint density at radius 2 is 1.80 bits per heavy atom. The molecular formula is C16H15ClN2O. The van der Waals surface area contributed by atoms with Crippen LogP contribution in [0.4, 0.5) is 11.4 Å². The zero-order valence-electron chi connectivity index (χ0n) is 10.9. The minimum atomic E-state index is -0.474. The van der Waals surface area contributed by atoms with E-state index in [1.54, 1.807) is 0 Å². The lowest BCUT2D eigenvalue weighted by atomic mass is 10.1. The van der Waals surface area contributed by atoms with Crippen LogP contribution in [0.1, 0.15) is 5.56 Å². The van der Waals surface area contributed by atoms with Crippen LogP contribution in [0.2, 0.25) is 5.02 Å². The second-order valence-electron chi connectivity index (χ2n) is 4.97. The minimum Gasteiger partial charge on any atom is -0.339 e. The van der Waals surface area contributed by atoms with Gasteiger partial charge < -0.3 is 10.6 Å². The van der Waals surface area contributed by atoms with Gasteiger partial charge in [-0.1, -0.05) is 29.8 Å². The second kappa shape index (κ2) is 5.27. The average molecular weight is 287 g/mol. The van der Waals surface area contributed by atoms with Crippen molar-refractivity contribution in [3.05, 3.63) is 59.1 Å². The number of halogens is 1. The van der Waals surface area contributed by atoms with E-state index in [2.05, 4.69) is 4.90 Å². The summed E-state index contributed by atoms with van der Waals surface area (Å²) in [6.07, 6.45) is 0.390. The van der Waals surface area contributed by atoms with Crippen molar-refractivity contribution in [2.24, 2.45) is 5.73 Å². The van der Waals surface area contributed by atoms with Crippen molar-refractivity contribution in [1.82, 2.24) is 0 Å². The first-order valence-corrected chi connectivity index (χ1v) is 6.92. The Hall–Kier alpha value is -1.84. The molecule has 0 radical (unpaired) electrons. The summed E-state index contributed by atoms with van der Waals surface area (Å²) in [4.78, 5) is 14.1. The number of carbonyl (C=O) groups excluding carboxylic acids is 1. The molecule has 0 bridgehead atoms. The maximum Gasteiger partial charge on any atom is 0.155 e. The molecule has 4 heteroatoms. The highest BCUT2D eigenvalue weighted by molar-refractivity contribution is 6.30. The molecule has 0 saturated heterocycles. The van der Waals surface area contributed by atoms with E-state index in [4.69, 9.17) is 17.3 Å². The Morgan fingerprint density at radius 3 is 2.55 bits per heavy atom. The van der Waals surface area contributed by atoms with Crippen molar-refractivity contribution in [3.63, 3.8) is 0 Å². The van der Waals surface area contributed by atoms with Crippen molar-refractivity contribution in [2.45, 2.75) is 12.5 Å². The smallest absolute Gasteiger partial charge is 0.155 e. The van der Waals surface area contributed by atoms with Crippen LogP contribution < -0.4 is 10.6 Å². The first-order chi connectivity index (χ1) is 9.65. The van der Waals surface area contributed by atoms with Crippen molar-refractivity contribution in [2.75, 3.05) is 11.4 Å². The van der Waals surface area contributed by atoms with Crippen LogP contribution >= 0.6 is 11.6 Å². The molecule has 0 amide bonds. The largest absolute Gasteiger partial charge is 0.339 e. The van der Waals surface area contributed by atoms with Gasteiger partial charge in [-0.25, -0.2) is 0 Å². The number of fused-ring (bicyclic) bond motifs is 1. The molecule has 3 nitrogen and oxygen atoms in total. The van der Waals surface area contributed by atoms with Crippen LogP contribution in [0.15, 0.2) is 48.5 Å². The third-order valence-corrected chi connectivity index (χ3v) is 3.83. The van der Waals surface area contributed by atoms with Crippen molar-refractivity contribution in [3.8, 4) is 0 Å². The highest BCUT2D eigenvalue weighted by Crippen LogP contribution is 2.32. The fourth-order valence-corrected chi connectivity index (χ4v) is 2.63. The number of benzene rings is 2. The molecule has 2 aromatic carbocycles. The Labute approximate surface area is 123 Å².